The van der Waals surface area contributed by atoms with Crippen LogP contribution in [-0.2, 0) is 0 Å². The molecule has 1 aromatic carbocycles. The van der Waals surface area contributed by atoms with Crippen molar-refractivity contribution >= 4 is 29.9 Å². The van der Waals surface area contributed by atoms with E-state index in [0.717, 1.165) is 38.9 Å². The van der Waals surface area contributed by atoms with E-state index in [2.05, 4.69) is 5.32 Å². The summed E-state index contributed by atoms with van der Waals surface area (Å²) >= 11 is 6.32. The standard InChI is InChI=1S/C18H27ClN2O3.ClH/c1-4-8-24-17-15(19)9-14(10-16(17)23-3)18(22)21-7-5-6-13(12-21)11-20-2;/h9-10,13,20H,4-8,11-12H2,1-3H3;1H. The zero-order chi connectivity index (χ0) is 17.5. The number of methoxy groups -OCH3 is 1. The average Bonchev–Trinajstić information content (AvgIpc) is 2.60. The summed E-state index contributed by atoms with van der Waals surface area (Å²) in [6, 6.07) is 3.40. The molecule has 25 heavy (non-hydrogen) atoms. The molecule has 1 unspecified atom stereocenters. The van der Waals surface area contributed by atoms with Crippen LogP contribution in [0.2, 0.25) is 5.02 Å². The zero-order valence-corrected chi connectivity index (χ0v) is 16.7. The van der Waals surface area contributed by atoms with Gasteiger partial charge in [0.15, 0.2) is 11.5 Å². The predicted molar refractivity (Wildman–Crippen MR) is 104 cm³/mol. The predicted octanol–water partition coefficient (Wildman–Crippen LogP) is 3.63. The third-order valence-corrected chi connectivity index (χ3v) is 4.51. The fraction of sp³-hybridized carbons (Fsp3) is 0.611. The number of ether oxygens (including phenoxy) is 2. The first-order valence-corrected chi connectivity index (χ1v) is 8.92. The van der Waals surface area contributed by atoms with Crippen LogP contribution < -0.4 is 14.8 Å². The molecule has 1 heterocycles. The highest BCUT2D eigenvalue weighted by molar-refractivity contribution is 6.32. The van der Waals surface area contributed by atoms with Crippen LogP contribution in [0.1, 0.15) is 36.5 Å². The van der Waals surface area contributed by atoms with Gasteiger partial charge < -0.3 is 19.7 Å². The van der Waals surface area contributed by atoms with E-state index < -0.39 is 0 Å². The Kier molecular flexibility index (Phi) is 9.39. The minimum absolute atomic E-state index is 0. The molecule has 0 spiro atoms. The molecule has 0 aliphatic carbocycles. The van der Waals surface area contributed by atoms with E-state index in [1.54, 1.807) is 19.2 Å². The molecule has 0 saturated carbocycles. The Hall–Kier alpha value is -1.17. The van der Waals surface area contributed by atoms with Crippen molar-refractivity contribution in [3.63, 3.8) is 0 Å². The highest BCUT2D eigenvalue weighted by Gasteiger charge is 2.25. The lowest BCUT2D eigenvalue weighted by Gasteiger charge is -2.33. The number of likely N-dealkylation sites (tertiary alicyclic amines) is 1. The number of carbonyl (C=O) groups excluding carboxylic acids is 1. The van der Waals surface area contributed by atoms with Crippen LogP contribution in [0.25, 0.3) is 0 Å². The summed E-state index contributed by atoms with van der Waals surface area (Å²) < 4.78 is 11.0. The molecular formula is C18H28Cl2N2O3. The number of piperidine rings is 1. The maximum Gasteiger partial charge on any atom is 0.254 e. The fourth-order valence-corrected chi connectivity index (χ4v) is 3.34. The lowest BCUT2D eigenvalue weighted by atomic mass is 9.97. The number of rotatable bonds is 7. The van der Waals surface area contributed by atoms with Gasteiger partial charge in [0.05, 0.1) is 18.7 Å². The summed E-state index contributed by atoms with van der Waals surface area (Å²) in [6.45, 7) is 5.07. The van der Waals surface area contributed by atoms with Crippen LogP contribution in [0, 0.1) is 5.92 Å². The smallest absolute Gasteiger partial charge is 0.254 e. The molecule has 1 saturated heterocycles. The van der Waals surface area contributed by atoms with Gasteiger partial charge in [-0.05, 0) is 50.9 Å². The van der Waals surface area contributed by atoms with Crippen molar-refractivity contribution in [2.75, 3.05) is 40.4 Å². The number of nitrogens with one attached hydrogen (secondary N) is 1. The van der Waals surface area contributed by atoms with Crippen molar-refractivity contribution in [3.05, 3.63) is 22.7 Å². The molecule has 0 bridgehead atoms. The van der Waals surface area contributed by atoms with Gasteiger partial charge in [0.1, 0.15) is 0 Å². The summed E-state index contributed by atoms with van der Waals surface area (Å²) in [6.07, 6.45) is 3.06. The van der Waals surface area contributed by atoms with Crippen molar-refractivity contribution < 1.29 is 14.3 Å². The summed E-state index contributed by atoms with van der Waals surface area (Å²) in [5, 5.41) is 3.61. The third kappa shape index (κ3) is 5.66. The highest BCUT2D eigenvalue weighted by Crippen LogP contribution is 2.37. The molecule has 1 N–H and O–H groups in total. The van der Waals surface area contributed by atoms with Gasteiger partial charge in [-0.15, -0.1) is 12.4 Å². The van der Waals surface area contributed by atoms with Crippen LogP contribution in [0.5, 0.6) is 11.5 Å². The number of nitrogens with zero attached hydrogens (tertiary/aromatic N) is 1. The molecule has 0 aromatic heterocycles. The van der Waals surface area contributed by atoms with Gasteiger partial charge in [0.2, 0.25) is 0 Å². The van der Waals surface area contributed by atoms with E-state index in [0.29, 0.717) is 34.6 Å². The van der Waals surface area contributed by atoms with Crippen molar-refractivity contribution in [2.45, 2.75) is 26.2 Å². The molecule has 1 aliphatic rings. The Morgan fingerprint density at radius 2 is 2.20 bits per heavy atom. The Balaban J connectivity index is 0.00000312. The topological polar surface area (TPSA) is 50.8 Å². The van der Waals surface area contributed by atoms with Crippen molar-refractivity contribution in [2.24, 2.45) is 5.92 Å². The first-order chi connectivity index (χ1) is 11.6. The number of halogens is 2. The van der Waals surface area contributed by atoms with Crippen molar-refractivity contribution in [1.82, 2.24) is 10.2 Å². The summed E-state index contributed by atoms with van der Waals surface area (Å²) in [5.74, 6) is 1.50. The first kappa shape index (κ1) is 21.9. The Morgan fingerprint density at radius 3 is 2.84 bits per heavy atom. The minimum atomic E-state index is -0.00181. The first-order valence-electron chi connectivity index (χ1n) is 8.54. The number of amides is 1. The zero-order valence-electron chi connectivity index (χ0n) is 15.1. The minimum Gasteiger partial charge on any atom is -0.493 e. The van der Waals surface area contributed by atoms with Crippen LogP contribution >= 0.6 is 24.0 Å². The summed E-state index contributed by atoms with van der Waals surface area (Å²) in [7, 11) is 3.50. The Morgan fingerprint density at radius 1 is 1.44 bits per heavy atom. The molecule has 2 rings (SSSR count). The van der Waals surface area contributed by atoms with E-state index in [1.165, 1.54) is 0 Å². The monoisotopic (exact) mass is 390 g/mol. The van der Waals surface area contributed by atoms with Crippen LogP contribution in [0.4, 0.5) is 0 Å². The van der Waals surface area contributed by atoms with Gasteiger partial charge >= 0.3 is 0 Å². The molecule has 5 nitrogen and oxygen atoms in total. The van der Waals surface area contributed by atoms with Crippen molar-refractivity contribution in [1.29, 1.82) is 0 Å². The molecule has 1 aliphatic heterocycles. The van der Waals surface area contributed by atoms with E-state index in [4.69, 9.17) is 21.1 Å². The van der Waals surface area contributed by atoms with Crippen molar-refractivity contribution in [3.8, 4) is 11.5 Å². The van der Waals surface area contributed by atoms with E-state index in [-0.39, 0.29) is 18.3 Å². The average molecular weight is 391 g/mol. The quantitative estimate of drug-likeness (QED) is 0.771. The molecule has 7 heteroatoms. The molecule has 1 amide bonds. The second kappa shape index (κ2) is 10.7. The molecule has 0 radical (unpaired) electrons. The number of hydrogen-bond donors (Lipinski definition) is 1. The van der Waals surface area contributed by atoms with Gasteiger partial charge in [-0.3, -0.25) is 4.79 Å². The van der Waals surface area contributed by atoms with Crippen LogP contribution in [-0.4, -0.2) is 51.2 Å². The van der Waals surface area contributed by atoms with Gasteiger partial charge in [-0.25, -0.2) is 0 Å². The third-order valence-electron chi connectivity index (χ3n) is 4.23. The number of benzene rings is 1. The summed E-state index contributed by atoms with van der Waals surface area (Å²) in [5.41, 5.74) is 0.547. The number of carbonyl (C=O) groups is 1. The van der Waals surface area contributed by atoms with E-state index in [9.17, 15) is 4.79 Å². The molecule has 1 aromatic rings. The fourth-order valence-electron chi connectivity index (χ4n) is 3.07. The van der Waals surface area contributed by atoms with Gasteiger partial charge in [-0.2, -0.15) is 0 Å². The van der Waals surface area contributed by atoms with E-state index >= 15 is 0 Å². The van der Waals surface area contributed by atoms with Gasteiger partial charge in [0, 0.05) is 18.7 Å². The van der Waals surface area contributed by atoms with Gasteiger partial charge in [-0.1, -0.05) is 18.5 Å². The highest BCUT2D eigenvalue weighted by atomic mass is 35.5. The second-order valence-electron chi connectivity index (χ2n) is 6.16. The molecule has 1 atom stereocenters. The van der Waals surface area contributed by atoms with Crippen LogP contribution in [0.15, 0.2) is 12.1 Å². The van der Waals surface area contributed by atoms with Crippen LogP contribution in [0.3, 0.4) is 0 Å². The SMILES string of the molecule is CCCOc1c(Cl)cc(C(=O)N2CCCC(CNC)C2)cc1OC.Cl. The molecule has 142 valence electrons. The molecule has 1 fully saturated rings. The lowest BCUT2D eigenvalue weighted by Crippen LogP contribution is -2.42. The molecular weight excluding hydrogens is 363 g/mol. The maximum absolute atomic E-state index is 12.8. The lowest BCUT2D eigenvalue weighted by molar-refractivity contribution is 0.0674. The largest absolute Gasteiger partial charge is 0.493 e. The van der Waals surface area contributed by atoms with Gasteiger partial charge in [0.25, 0.3) is 5.91 Å². The Bertz CT molecular complexity index is 567. The normalized spacial score (nSPS) is 17.0. The summed E-state index contributed by atoms with van der Waals surface area (Å²) in [4.78, 5) is 14.8. The second-order valence-corrected chi connectivity index (χ2v) is 6.56. The van der Waals surface area contributed by atoms with E-state index in [1.807, 2.05) is 18.9 Å². The number of hydrogen-bond acceptors (Lipinski definition) is 4. The Labute approximate surface area is 161 Å². The maximum atomic E-state index is 12.8.